The second-order valence-corrected chi connectivity index (χ2v) is 32.9. The summed E-state index contributed by atoms with van der Waals surface area (Å²) < 4.78 is 24.6. The maximum Gasteiger partial charge on any atom is 0.173 e. The van der Waals surface area contributed by atoms with Crippen molar-refractivity contribution in [3.05, 3.63) is 47.5 Å². The van der Waals surface area contributed by atoms with Gasteiger partial charge in [0.2, 0.25) is 0 Å². The molecule has 0 bridgehead atoms. The molecule has 0 saturated carbocycles. The summed E-state index contributed by atoms with van der Waals surface area (Å²) in [7, 11) is -4.07. The monoisotopic (exact) mass is 678 g/mol. The number of methoxy groups -OCH3 is 2. The van der Waals surface area contributed by atoms with Crippen molar-refractivity contribution in [2.24, 2.45) is 11.8 Å². The highest BCUT2D eigenvalue weighted by molar-refractivity contribution is 6.85. The minimum Gasteiger partial charge on any atom is -0.504 e. The lowest BCUT2D eigenvalue weighted by molar-refractivity contribution is 0.373. The van der Waals surface area contributed by atoms with Crippen molar-refractivity contribution >= 4 is 33.3 Å². The zero-order chi connectivity index (χ0) is 33.3. The highest BCUT2D eigenvalue weighted by atomic mass is 28.4. The van der Waals surface area contributed by atoms with Crippen LogP contribution in [0.4, 0.5) is 0 Å². The fourth-order valence-corrected chi connectivity index (χ4v) is 26.2. The second kappa shape index (κ2) is 16.3. The quantitative estimate of drug-likeness (QED) is 0.144. The van der Waals surface area contributed by atoms with Crippen LogP contribution in [0.3, 0.4) is 0 Å². The first-order chi connectivity index (χ1) is 20.3. The summed E-state index contributed by atoms with van der Waals surface area (Å²) in [6.45, 7) is 24.0. The molecule has 2 aromatic carbocycles. The van der Waals surface area contributed by atoms with Crippen LogP contribution >= 0.6 is 0 Å². The van der Waals surface area contributed by atoms with Crippen LogP contribution in [0.5, 0.6) is 23.0 Å². The van der Waals surface area contributed by atoms with Gasteiger partial charge in [0.05, 0.1) is 14.2 Å². The molecule has 10 heteroatoms. The fourth-order valence-electron chi connectivity index (χ4n) is 6.83. The smallest absolute Gasteiger partial charge is 0.173 e. The molecule has 0 amide bonds. The molecule has 2 aromatic rings. The number of aromatic hydroxyl groups is 2. The van der Waals surface area contributed by atoms with Crippen molar-refractivity contribution in [2.45, 2.75) is 116 Å². The average Bonchev–Trinajstić information content (AvgIpc) is 2.88. The minimum absolute atomic E-state index is 0.192. The Balaban J connectivity index is 1.83. The van der Waals surface area contributed by atoms with E-state index in [1.807, 2.05) is 24.3 Å². The maximum absolute atomic E-state index is 9.88. The molecular weight excluding hydrogens is 617 g/mol. The van der Waals surface area contributed by atoms with E-state index in [2.05, 4.69) is 66.2 Å². The van der Waals surface area contributed by atoms with Crippen LogP contribution in [0.2, 0.25) is 76.6 Å². The third kappa shape index (κ3) is 13.4. The molecule has 2 unspecified atom stereocenters. The van der Waals surface area contributed by atoms with E-state index in [1.165, 1.54) is 23.2 Å². The molecule has 2 rings (SSSR count). The Morgan fingerprint density at radius 3 is 1.23 bits per heavy atom. The van der Waals surface area contributed by atoms with E-state index in [4.69, 9.17) is 17.7 Å². The van der Waals surface area contributed by atoms with Gasteiger partial charge in [-0.25, -0.2) is 0 Å². The van der Waals surface area contributed by atoms with Gasteiger partial charge in [-0.3, -0.25) is 0 Å². The van der Waals surface area contributed by atoms with E-state index in [0.29, 0.717) is 23.3 Å². The molecule has 6 nitrogen and oxygen atoms in total. The van der Waals surface area contributed by atoms with Gasteiger partial charge < -0.3 is 27.9 Å². The number of hydrogen-bond acceptors (Lipinski definition) is 6. The first kappa shape index (κ1) is 38.6. The molecule has 0 aliphatic carbocycles. The van der Waals surface area contributed by atoms with Gasteiger partial charge in [0.1, 0.15) is 0 Å². The molecular formula is C34H62O6Si4. The Labute approximate surface area is 273 Å². The van der Waals surface area contributed by atoms with Crippen molar-refractivity contribution < 1.29 is 27.9 Å². The number of benzene rings is 2. The topological polar surface area (TPSA) is 77.4 Å². The van der Waals surface area contributed by atoms with Gasteiger partial charge in [0.25, 0.3) is 0 Å². The van der Waals surface area contributed by atoms with Crippen LogP contribution in [-0.4, -0.2) is 57.7 Å². The summed E-state index contributed by atoms with van der Waals surface area (Å²) in [5.41, 5.74) is 2.39. The Morgan fingerprint density at radius 2 is 0.909 bits per heavy atom. The zero-order valence-electron chi connectivity index (χ0n) is 29.8. The summed E-state index contributed by atoms with van der Waals surface area (Å²) in [4.78, 5) is 0. The van der Waals surface area contributed by atoms with E-state index in [-0.39, 0.29) is 11.5 Å². The van der Waals surface area contributed by atoms with E-state index in [1.54, 1.807) is 26.4 Å². The zero-order valence-corrected chi connectivity index (χ0v) is 33.8. The van der Waals surface area contributed by atoms with Crippen molar-refractivity contribution in [3.63, 3.8) is 0 Å². The molecule has 0 aromatic heterocycles. The highest BCUT2D eigenvalue weighted by Crippen LogP contribution is 2.35. The highest BCUT2D eigenvalue weighted by Gasteiger charge is 2.38. The summed E-state index contributed by atoms with van der Waals surface area (Å²) in [6.07, 6.45) is 4.11. The van der Waals surface area contributed by atoms with E-state index < -0.39 is 33.3 Å². The predicted molar refractivity (Wildman–Crippen MR) is 196 cm³/mol. The largest absolute Gasteiger partial charge is 0.504 e. The lowest BCUT2D eigenvalue weighted by Crippen LogP contribution is -2.47. The molecule has 0 heterocycles. The number of hydrogen-bond donors (Lipinski definition) is 2. The first-order valence-electron chi connectivity index (χ1n) is 16.4. The minimum atomic E-state index is -1.83. The Bertz CT molecular complexity index is 1090. The van der Waals surface area contributed by atoms with Gasteiger partial charge in [-0.2, -0.15) is 0 Å². The number of phenolic OH excluding ortho intramolecular Hbond substituents is 2. The summed E-state index contributed by atoms with van der Waals surface area (Å²) >= 11 is 0. The van der Waals surface area contributed by atoms with Gasteiger partial charge in [-0.1, -0.05) is 26.0 Å². The molecule has 0 saturated heterocycles. The van der Waals surface area contributed by atoms with E-state index >= 15 is 0 Å². The molecule has 2 N–H and O–H groups in total. The molecule has 0 spiro atoms. The SMILES string of the molecule is COc1cc(CCC[Si](C)(C)O[Si](C)(C)CC(C)C(C)C[Si](C)(C)O[Si](C)(C)CCCc2ccc(O)c(OC)c2)ccc1O. The number of phenols is 2. The van der Waals surface area contributed by atoms with Crippen LogP contribution < -0.4 is 9.47 Å². The third-order valence-electron chi connectivity index (χ3n) is 8.68. The van der Waals surface area contributed by atoms with Crippen LogP contribution in [0, 0.1) is 11.8 Å². The Kier molecular flexibility index (Phi) is 14.3. The molecule has 44 heavy (non-hydrogen) atoms. The summed E-state index contributed by atoms with van der Waals surface area (Å²) in [5, 5.41) is 19.8. The maximum atomic E-state index is 9.88. The van der Waals surface area contributed by atoms with Crippen molar-refractivity contribution in [2.75, 3.05) is 14.2 Å². The van der Waals surface area contributed by atoms with Crippen LogP contribution in [0.15, 0.2) is 36.4 Å². The average molecular weight is 679 g/mol. The molecule has 0 radical (unpaired) electrons. The molecule has 0 fully saturated rings. The summed E-state index contributed by atoms with van der Waals surface area (Å²) in [5.74, 6) is 2.68. The third-order valence-corrected chi connectivity index (χ3v) is 23.9. The number of ether oxygens (including phenoxy) is 2. The first-order valence-corrected chi connectivity index (χ1v) is 28.9. The normalized spacial score (nSPS) is 14.4. The van der Waals surface area contributed by atoms with Gasteiger partial charge in [-0.05, 0) is 149 Å². The molecule has 250 valence electrons. The van der Waals surface area contributed by atoms with Crippen LogP contribution in [0.25, 0.3) is 0 Å². The van der Waals surface area contributed by atoms with E-state index in [9.17, 15) is 10.2 Å². The molecule has 0 aliphatic heterocycles. The van der Waals surface area contributed by atoms with Crippen molar-refractivity contribution in [1.82, 2.24) is 0 Å². The van der Waals surface area contributed by atoms with Gasteiger partial charge in [0, 0.05) is 0 Å². The fraction of sp³-hybridized carbons (Fsp3) is 0.647. The van der Waals surface area contributed by atoms with Crippen LogP contribution in [-0.2, 0) is 21.1 Å². The van der Waals surface area contributed by atoms with Crippen molar-refractivity contribution in [1.29, 1.82) is 0 Å². The Hall–Kier alpha value is -1.57. The second-order valence-electron chi connectivity index (χ2n) is 15.3. The predicted octanol–water partition coefficient (Wildman–Crippen LogP) is 9.81. The van der Waals surface area contributed by atoms with Crippen molar-refractivity contribution in [3.8, 4) is 23.0 Å². The molecule has 2 atom stereocenters. The lowest BCUT2D eigenvalue weighted by Gasteiger charge is -2.39. The lowest BCUT2D eigenvalue weighted by atomic mass is 10.0. The van der Waals surface area contributed by atoms with E-state index in [0.717, 1.165) is 37.8 Å². The number of aryl methyl sites for hydroxylation is 2. The summed E-state index contributed by atoms with van der Waals surface area (Å²) in [6, 6.07) is 15.9. The van der Waals surface area contributed by atoms with Gasteiger partial charge in [-0.15, -0.1) is 0 Å². The Morgan fingerprint density at radius 1 is 0.568 bits per heavy atom. The van der Waals surface area contributed by atoms with Gasteiger partial charge >= 0.3 is 0 Å². The number of rotatable bonds is 19. The van der Waals surface area contributed by atoms with Gasteiger partial charge in [0.15, 0.2) is 56.3 Å². The van der Waals surface area contributed by atoms with Crippen LogP contribution in [0.1, 0.15) is 37.8 Å². The standard InChI is InChI=1S/C34H62O6Si4/c1-27(25-43(9,10)39-41(5,6)21-13-15-29-17-19-31(35)33(23-29)37-3)28(2)26-44(11,12)40-42(7,8)22-14-16-30-18-20-32(36)34(24-30)38-4/h17-20,23-24,27-28,35-36H,13-16,21-22,25-26H2,1-12H3. The molecule has 0 aliphatic rings.